The summed E-state index contributed by atoms with van der Waals surface area (Å²) in [5.41, 5.74) is -2.78. The van der Waals surface area contributed by atoms with Crippen LogP contribution in [0.4, 0.5) is 11.4 Å². The molecule has 0 aliphatic carbocycles. The van der Waals surface area contributed by atoms with E-state index in [0.29, 0.717) is 32.9 Å². The van der Waals surface area contributed by atoms with E-state index in [1.54, 1.807) is 66.7 Å². The van der Waals surface area contributed by atoms with Gasteiger partial charge in [0.05, 0.1) is 6.07 Å². The lowest BCUT2D eigenvalue weighted by atomic mass is 9.51. The van der Waals surface area contributed by atoms with Gasteiger partial charge in [-0.25, -0.2) is 0 Å². The van der Waals surface area contributed by atoms with E-state index in [1.165, 1.54) is 0 Å². The van der Waals surface area contributed by atoms with Crippen LogP contribution in [0, 0.1) is 16.7 Å². The number of likely N-dealkylation sites (N-methyl/N-ethyl adjacent to an activating group) is 1. The number of carbonyl (C=O) groups is 3. The second-order valence-electron chi connectivity index (χ2n) is 10.1. The molecule has 0 radical (unpaired) electrons. The number of carbonyl (C=O) groups excluding carboxylic acids is 3. The number of anilines is 2. The van der Waals surface area contributed by atoms with Gasteiger partial charge in [0.1, 0.15) is 11.0 Å². The Morgan fingerprint density at radius 1 is 0.974 bits per heavy atom. The molecule has 1 saturated heterocycles. The van der Waals surface area contributed by atoms with E-state index < -0.39 is 34.0 Å². The van der Waals surface area contributed by atoms with Crippen molar-refractivity contribution < 1.29 is 14.4 Å². The molecular weight excluding hydrogens is 502 g/mol. The molecule has 1 aromatic heterocycles. The maximum absolute atomic E-state index is 14.8. The van der Waals surface area contributed by atoms with E-state index in [1.807, 2.05) is 18.2 Å². The highest BCUT2D eigenvalue weighted by molar-refractivity contribution is 6.31. The van der Waals surface area contributed by atoms with Gasteiger partial charge in [-0.15, -0.1) is 0 Å². The molecule has 186 valence electrons. The highest BCUT2D eigenvalue weighted by atomic mass is 35.5. The number of hydrogen-bond acceptors (Lipinski definition) is 5. The molecule has 0 unspecified atom stereocenters. The van der Waals surface area contributed by atoms with E-state index in [9.17, 15) is 19.6 Å². The fraction of sp³-hybridized carbons (Fsp3) is 0.172. The van der Waals surface area contributed by atoms with Crippen molar-refractivity contribution in [2.45, 2.75) is 11.0 Å². The number of nitrogens with zero attached hydrogens (tertiary/aromatic N) is 2. The lowest BCUT2D eigenvalue weighted by Crippen LogP contribution is -2.65. The first-order valence-corrected chi connectivity index (χ1v) is 12.5. The molecule has 4 heterocycles. The summed E-state index contributed by atoms with van der Waals surface area (Å²) in [6.07, 6.45) is 1.57. The van der Waals surface area contributed by atoms with E-state index in [0.717, 1.165) is 5.52 Å². The van der Waals surface area contributed by atoms with E-state index in [-0.39, 0.29) is 12.1 Å². The number of H-pyrrole nitrogens is 1. The molecular formula is C29H20ClN5O3. The highest BCUT2D eigenvalue weighted by Gasteiger charge is 2.84. The van der Waals surface area contributed by atoms with Gasteiger partial charge in [-0.1, -0.05) is 48.0 Å². The van der Waals surface area contributed by atoms with Gasteiger partial charge in [-0.2, -0.15) is 5.26 Å². The number of halogens is 1. The molecule has 2 spiro atoms. The molecule has 3 aromatic carbocycles. The van der Waals surface area contributed by atoms with Crippen LogP contribution in [0.3, 0.4) is 0 Å². The summed E-state index contributed by atoms with van der Waals surface area (Å²) in [5.74, 6) is -1.61. The number of aromatic nitrogens is 1. The molecule has 0 saturated carbocycles. The van der Waals surface area contributed by atoms with Crippen LogP contribution in [-0.2, 0) is 20.5 Å². The van der Waals surface area contributed by atoms with Crippen LogP contribution in [0.1, 0.15) is 21.5 Å². The summed E-state index contributed by atoms with van der Waals surface area (Å²) in [5, 5.41) is 17.8. The third-order valence-corrected chi connectivity index (χ3v) is 8.75. The minimum Gasteiger partial charge on any atom is -0.360 e. The van der Waals surface area contributed by atoms with Gasteiger partial charge in [0.15, 0.2) is 11.2 Å². The number of amides is 2. The largest absolute Gasteiger partial charge is 0.360 e. The first-order chi connectivity index (χ1) is 18.3. The van der Waals surface area contributed by atoms with Crippen LogP contribution in [0.15, 0.2) is 72.9 Å². The molecule has 4 aromatic rings. The van der Waals surface area contributed by atoms with Crippen molar-refractivity contribution >= 4 is 51.5 Å². The Kier molecular flexibility index (Phi) is 4.37. The number of rotatable bonds is 2. The second kappa shape index (κ2) is 7.32. The molecule has 0 bridgehead atoms. The number of benzene rings is 3. The summed E-state index contributed by atoms with van der Waals surface area (Å²) < 4.78 is 0. The van der Waals surface area contributed by atoms with Crippen molar-refractivity contribution in [1.29, 1.82) is 5.26 Å². The predicted molar refractivity (Wildman–Crippen MR) is 142 cm³/mol. The zero-order valence-corrected chi connectivity index (χ0v) is 20.9. The van der Waals surface area contributed by atoms with Crippen LogP contribution in [-0.4, -0.2) is 41.1 Å². The zero-order valence-electron chi connectivity index (χ0n) is 20.1. The number of fused-ring (bicyclic) bond motifs is 6. The Hall–Kier alpha value is -4.45. The topological polar surface area (TPSA) is 118 Å². The Morgan fingerprint density at radius 3 is 2.50 bits per heavy atom. The monoisotopic (exact) mass is 521 g/mol. The fourth-order valence-electron chi connectivity index (χ4n) is 7.14. The van der Waals surface area contributed by atoms with E-state index >= 15 is 0 Å². The Bertz CT molecular complexity index is 1790. The van der Waals surface area contributed by atoms with Crippen molar-refractivity contribution in [3.05, 3.63) is 94.6 Å². The van der Waals surface area contributed by atoms with Crippen LogP contribution >= 0.6 is 11.6 Å². The summed E-state index contributed by atoms with van der Waals surface area (Å²) in [4.78, 5) is 48.2. The Morgan fingerprint density at radius 2 is 1.68 bits per heavy atom. The van der Waals surface area contributed by atoms with Crippen molar-refractivity contribution in [2.24, 2.45) is 5.41 Å². The first-order valence-electron chi connectivity index (χ1n) is 12.1. The van der Waals surface area contributed by atoms with Crippen molar-refractivity contribution in [3.8, 4) is 6.07 Å². The normalized spacial score (nSPS) is 27.4. The minimum absolute atomic E-state index is 0.164. The number of para-hydroxylation sites is 2. The molecule has 3 aliphatic heterocycles. The Labute approximate surface area is 222 Å². The Balaban J connectivity index is 1.63. The van der Waals surface area contributed by atoms with Crippen molar-refractivity contribution in [1.82, 2.24) is 9.88 Å². The van der Waals surface area contributed by atoms with Gasteiger partial charge in [0, 0.05) is 51.2 Å². The number of aromatic amines is 1. The maximum Gasteiger partial charge on any atom is 0.251 e. The van der Waals surface area contributed by atoms with Gasteiger partial charge in [0.2, 0.25) is 5.91 Å². The van der Waals surface area contributed by atoms with Gasteiger partial charge in [-0.3, -0.25) is 19.3 Å². The lowest BCUT2D eigenvalue weighted by molar-refractivity contribution is -0.137. The summed E-state index contributed by atoms with van der Waals surface area (Å²) in [7, 11) is 1.67. The fourth-order valence-corrected chi connectivity index (χ4v) is 7.31. The summed E-state index contributed by atoms with van der Waals surface area (Å²) in [6.45, 7) is -0.164. The molecule has 2 amide bonds. The molecule has 3 N–H and O–H groups in total. The second-order valence-corrected chi connectivity index (χ2v) is 10.5. The molecule has 3 aliphatic rings. The molecule has 8 nitrogen and oxygen atoms in total. The number of ketones is 1. The average Bonchev–Trinajstić information content (AvgIpc) is 3.62. The highest BCUT2D eigenvalue weighted by Crippen LogP contribution is 2.68. The maximum atomic E-state index is 14.8. The van der Waals surface area contributed by atoms with Gasteiger partial charge >= 0.3 is 0 Å². The molecule has 1 fully saturated rings. The van der Waals surface area contributed by atoms with Gasteiger partial charge in [-0.05, 0) is 42.9 Å². The van der Waals surface area contributed by atoms with Crippen LogP contribution in [0.5, 0.6) is 0 Å². The smallest absolute Gasteiger partial charge is 0.251 e. The summed E-state index contributed by atoms with van der Waals surface area (Å²) >= 11 is 6.43. The minimum atomic E-state index is -1.97. The van der Waals surface area contributed by atoms with Crippen molar-refractivity contribution in [2.75, 3.05) is 24.2 Å². The van der Waals surface area contributed by atoms with E-state index in [2.05, 4.69) is 21.7 Å². The molecule has 3 atom stereocenters. The number of nitriles is 1. The van der Waals surface area contributed by atoms with E-state index in [4.69, 9.17) is 11.6 Å². The number of likely N-dealkylation sites (tertiary alicyclic amines) is 1. The first kappa shape index (κ1) is 22.7. The van der Waals surface area contributed by atoms with Crippen LogP contribution < -0.4 is 10.6 Å². The van der Waals surface area contributed by atoms with Crippen LogP contribution in [0.2, 0.25) is 5.02 Å². The molecule has 7 rings (SSSR count). The molecule has 38 heavy (non-hydrogen) atoms. The number of Topliss-reactive ketones (excluding diaryl/α,β-unsaturated/α-hetero) is 1. The quantitative estimate of drug-likeness (QED) is 0.342. The third kappa shape index (κ3) is 2.28. The number of hydrogen-bond donors (Lipinski definition) is 3. The molecule has 9 heteroatoms. The SMILES string of the molecule is CN1C[C@](C#N)(C(=O)c2c[nH]c3ccccc23)[C@]2(C(=O)Nc3ccccc32)[C@@]12C(=O)Nc1ccc(Cl)cc12. The van der Waals surface area contributed by atoms with Gasteiger partial charge < -0.3 is 15.6 Å². The van der Waals surface area contributed by atoms with Crippen molar-refractivity contribution in [3.63, 3.8) is 0 Å². The standard InChI is InChI=1S/C29H20ClN5O3/c1-35-15-27(14-31,24(36)18-13-32-21-8-4-2-6-17(18)21)28(19-7-3-5-9-22(19)33-25(28)37)29(35)20-12-16(30)10-11-23(20)34-26(29)38/h2-13,32H,15H2,1H3,(H,33,37)(H,34,38)/t27-,28+,29-/m1/s1. The van der Waals surface area contributed by atoms with Gasteiger partial charge in [0.25, 0.3) is 5.91 Å². The summed E-state index contributed by atoms with van der Waals surface area (Å²) in [6, 6.07) is 21.5. The average molecular weight is 522 g/mol. The lowest BCUT2D eigenvalue weighted by Gasteiger charge is -2.44. The number of nitrogens with one attached hydrogen (secondary N) is 3. The zero-order chi connectivity index (χ0) is 26.4. The third-order valence-electron chi connectivity index (χ3n) is 8.51. The van der Waals surface area contributed by atoms with Crippen LogP contribution in [0.25, 0.3) is 10.9 Å². The predicted octanol–water partition coefficient (Wildman–Crippen LogP) is 4.20.